The predicted octanol–water partition coefficient (Wildman–Crippen LogP) is 1.54. The van der Waals surface area contributed by atoms with Gasteiger partial charge in [0.25, 0.3) is 0 Å². The Bertz CT molecular complexity index is 460. The number of hydrogen-bond acceptors (Lipinski definition) is 3. The Balaban J connectivity index is 0.00000200. The molecule has 0 saturated heterocycles. The van der Waals surface area contributed by atoms with Gasteiger partial charge in [0.05, 0.1) is 6.54 Å². The van der Waals surface area contributed by atoms with Crippen LogP contribution in [0, 0.1) is 5.92 Å². The maximum atomic E-state index is 11.6. The SMILES string of the molecule is Cl.NC(=O)Nc1ccc(NC(=O)CNCC2CC2)cc1. The van der Waals surface area contributed by atoms with E-state index < -0.39 is 6.03 Å². The lowest BCUT2D eigenvalue weighted by molar-refractivity contribution is -0.115. The summed E-state index contributed by atoms with van der Waals surface area (Å²) in [6, 6.07) is 6.17. The number of halogens is 1. The molecule has 1 fully saturated rings. The third kappa shape index (κ3) is 5.90. The second-order valence-corrected chi connectivity index (χ2v) is 4.69. The van der Waals surface area contributed by atoms with Gasteiger partial charge in [-0.2, -0.15) is 0 Å². The maximum absolute atomic E-state index is 11.6. The Labute approximate surface area is 123 Å². The smallest absolute Gasteiger partial charge is 0.316 e. The van der Waals surface area contributed by atoms with Crippen LogP contribution in [0.4, 0.5) is 16.2 Å². The van der Waals surface area contributed by atoms with Crippen molar-refractivity contribution in [2.45, 2.75) is 12.8 Å². The Morgan fingerprint density at radius 1 is 1.10 bits per heavy atom. The van der Waals surface area contributed by atoms with E-state index in [0.29, 0.717) is 17.9 Å². The van der Waals surface area contributed by atoms with Crippen LogP contribution < -0.4 is 21.7 Å². The van der Waals surface area contributed by atoms with Gasteiger partial charge in [0.15, 0.2) is 0 Å². The molecule has 0 heterocycles. The Morgan fingerprint density at radius 3 is 2.15 bits per heavy atom. The van der Waals surface area contributed by atoms with Gasteiger partial charge >= 0.3 is 6.03 Å². The number of nitrogens with two attached hydrogens (primary N) is 1. The van der Waals surface area contributed by atoms with Crippen molar-refractivity contribution >= 4 is 35.7 Å². The molecule has 1 aliphatic rings. The summed E-state index contributed by atoms with van der Waals surface area (Å²) in [5.41, 5.74) is 6.28. The fourth-order valence-electron chi connectivity index (χ4n) is 1.70. The average molecular weight is 299 g/mol. The molecule has 0 spiro atoms. The summed E-state index contributed by atoms with van der Waals surface area (Å²) in [7, 11) is 0. The van der Waals surface area contributed by atoms with Gasteiger partial charge in [0.2, 0.25) is 5.91 Å². The molecule has 5 N–H and O–H groups in total. The zero-order valence-electron chi connectivity index (χ0n) is 11.0. The summed E-state index contributed by atoms with van der Waals surface area (Å²) in [5.74, 6) is 0.684. The number of amides is 3. The van der Waals surface area contributed by atoms with E-state index in [0.717, 1.165) is 12.5 Å². The van der Waals surface area contributed by atoms with Gasteiger partial charge in [-0.3, -0.25) is 4.79 Å². The van der Waals surface area contributed by atoms with Crippen LogP contribution in [0.2, 0.25) is 0 Å². The minimum atomic E-state index is -0.610. The molecule has 0 bridgehead atoms. The molecular weight excluding hydrogens is 280 g/mol. The molecule has 7 heteroatoms. The Hall–Kier alpha value is -1.79. The van der Waals surface area contributed by atoms with Crippen LogP contribution in [-0.2, 0) is 4.79 Å². The number of hydrogen-bond donors (Lipinski definition) is 4. The number of carbonyl (C=O) groups is 2. The van der Waals surface area contributed by atoms with Crippen LogP contribution in [0.3, 0.4) is 0 Å². The van der Waals surface area contributed by atoms with Crippen molar-refractivity contribution in [2.24, 2.45) is 11.7 Å². The highest BCUT2D eigenvalue weighted by Crippen LogP contribution is 2.27. The largest absolute Gasteiger partial charge is 0.351 e. The van der Waals surface area contributed by atoms with Crippen molar-refractivity contribution in [1.82, 2.24) is 5.32 Å². The van der Waals surface area contributed by atoms with E-state index in [2.05, 4.69) is 16.0 Å². The zero-order valence-corrected chi connectivity index (χ0v) is 11.8. The molecule has 1 aromatic rings. The third-order valence-electron chi connectivity index (χ3n) is 2.85. The lowest BCUT2D eigenvalue weighted by Crippen LogP contribution is -2.29. The molecule has 1 saturated carbocycles. The van der Waals surface area contributed by atoms with E-state index >= 15 is 0 Å². The van der Waals surface area contributed by atoms with Gasteiger partial charge in [0.1, 0.15) is 0 Å². The molecule has 0 unspecified atom stereocenters. The van der Waals surface area contributed by atoms with Crippen molar-refractivity contribution in [1.29, 1.82) is 0 Å². The van der Waals surface area contributed by atoms with Gasteiger partial charge < -0.3 is 21.7 Å². The summed E-state index contributed by atoms with van der Waals surface area (Å²) in [6.07, 6.45) is 2.53. The molecule has 1 aromatic carbocycles. The normalized spacial score (nSPS) is 13.2. The van der Waals surface area contributed by atoms with E-state index in [-0.39, 0.29) is 18.3 Å². The highest BCUT2D eigenvalue weighted by atomic mass is 35.5. The van der Waals surface area contributed by atoms with Crippen LogP contribution in [0.15, 0.2) is 24.3 Å². The number of urea groups is 1. The quantitative estimate of drug-likeness (QED) is 0.641. The van der Waals surface area contributed by atoms with Crippen LogP contribution in [0.5, 0.6) is 0 Å². The van der Waals surface area contributed by atoms with Crippen molar-refractivity contribution in [3.63, 3.8) is 0 Å². The molecule has 6 nitrogen and oxygen atoms in total. The van der Waals surface area contributed by atoms with Crippen LogP contribution in [0.25, 0.3) is 0 Å². The monoisotopic (exact) mass is 298 g/mol. The summed E-state index contributed by atoms with van der Waals surface area (Å²) in [5, 5.41) is 8.34. The molecule has 2 rings (SSSR count). The van der Waals surface area contributed by atoms with Crippen molar-refractivity contribution in [3.05, 3.63) is 24.3 Å². The molecule has 0 aliphatic heterocycles. The van der Waals surface area contributed by atoms with E-state index in [4.69, 9.17) is 5.73 Å². The summed E-state index contributed by atoms with van der Waals surface area (Å²) in [4.78, 5) is 22.3. The number of nitrogens with one attached hydrogen (secondary N) is 3. The summed E-state index contributed by atoms with van der Waals surface area (Å²) in [6.45, 7) is 1.23. The molecule has 1 aliphatic carbocycles. The number of anilines is 2. The minimum Gasteiger partial charge on any atom is -0.351 e. The Kier molecular flexibility index (Phi) is 6.27. The van der Waals surface area contributed by atoms with Gasteiger partial charge in [0, 0.05) is 11.4 Å². The summed E-state index contributed by atoms with van der Waals surface area (Å²) >= 11 is 0. The molecule has 0 radical (unpaired) electrons. The molecular formula is C13H19ClN4O2. The topological polar surface area (TPSA) is 96.2 Å². The zero-order chi connectivity index (χ0) is 13.7. The van der Waals surface area contributed by atoms with Crippen molar-refractivity contribution in [3.8, 4) is 0 Å². The van der Waals surface area contributed by atoms with Crippen LogP contribution in [-0.4, -0.2) is 25.0 Å². The van der Waals surface area contributed by atoms with Crippen LogP contribution >= 0.6 is 12.4 Å². The first kappa shape index (κ1) is 16.3. The standard InChI is InChI=1S/C13H18N4O2.ClH/c14-13(19)17-11-5-3-10(4-6-11)16-12(18)8-15-7-9-1-2-9;/h3-6,9,15H,1-2,7-8H2,(H,16,18)(H3,14,17,19);1H. The van der Waals surface area contributed by atoms with E-state index in [9.17, 15) is 9.59 Å². The molecule has 0 aromatic heterocycles. The first-order valence-electron chi connectivity index (χ1n) is 6.30. The van der Waals surface area contributed by atoms with Gasteiger partial charge in [-0.05, 0) is 49.6 Å². The van der Waals surface area contributed by atoms with Crippen molar-refractivity contribution in [2.75, 3.05) is 23.7 Å². The predicted molar refractivity (Wildman–Crippen MR) is 81.1 cm³/mol. The van der Waals surface area contributed by atoms with Gasteiger partial charge in [-0.15, -0.1) is 12.4 Å². The maximum Gasteiger partial charge on any atom is 0.316 e. The number of carbonyl (C=O) groups excluding carboxylic acids is 2. The van der Waals surface area contributed by atoms with Crippen molar-refractivity contribution < 1.29 is 9.59 Å². The third-order valence-corrected chi connectivity index (χ3v) is 2.85. The number of benzene rings is 1. The first-order chi connectivity index (χ1) is 9.13. The minimum absolute atomic E-state index is 0. The van der Waals surface area contributed by atoms with Gasteiger partial charge in [-0.1, -0.05) is 0 Å². The second kappa shape index (κ2) is 7.72. The molecule has 110 valence electrons. The fraction of sp³-hybridized carbons (Fsp3) is 0.385. The first-order valence-corrected chi connectivity index (χ1v) is 6.30. The number of primary amides is 1. The second-order valence-electron chi connectivity index (χ2n) is 4.69. The van der Waals surface area contributed by atoms with E-state index in [1.54, 1.807) is 24.3 Å². The highest BCUT2D eigenvalue weighted by molar-refractivity contribution is 5.93. The molecule has 0 atom stereocenters. The number of rotatable bonds is 6. The van der Waals surface area contributed by atoms with E-state index in [1.165, 1.54) is 12.8 Å². The summed E-state index contributed by atoms with van der Waals surface area (Å²) < 4.78 is 0. The Morgan fingerprint density at radius 2 is 1.65 bits per heavy atom. The highest BCUT2D eigenvalue weighted by Gasteiger charge is 2.20. The van der Waals surface area contributed by atoms with E-state index in [1.807, 2.05) is 0 Å². The lowest BCUT2D eigenvalue weighted by Gasteiger charge is -2.07. The lowest BCUT2D eigenvalue weighted by atomic mass is 10.3. The average Bonchev–Trinajstić information content (AvgIpc) is 3.15. The molecule has 20 heavy (non-hydrogen) atoms. The van der Waals surface area contributed by atoms with Crippen LogP contribution in [0.1, 0.15) is 12.8 Å². The molecule has 3 amide bonds. The fourth-order valence-corrected chi connectivity index (χ4v) is 1.70. The van der Waals surface area contributed by atoms with Gasteiger partial charge in [-0.25, -0.2) is 4.79 Å².